The van der Waals surface area contributed by atoms with E-state index in [4.69, 9.17) is 4.42 Å². The van der Waals surface area contributed by atoms with Gasteiger partial charge in [-0.1, -0.05) is 91.0 Å². The number of hydrogen-bond donors (Lipinski definition) is 0. The van der Waals surface area contributed by atoms with Crippen LogP contribution in [0.15, 0.2) is 156 Å². The van der Waals surface area contributed by atoms with Gasteiger partial charge in [-0.05, 0) is 60.7 Å². The zero-order valence-electron chi connectivity index (χ0n) is 24.7. The summed E-state index contributed by atoms with van der Waals surface area (Å²) in [5.41, 5.74) is 12.4. The third kappa shape index (κ3) is 2.98. The summed E-state index contributed by atoms with van der Waals surface area (Å²) >= 11 is 0. The van der Waals surface area contributed by atoms with Gasteiger partial charge in [0.15, 0.2) is 0 Å². The molecule has 11 rings (SSSR count). The third-order valence-electron chi connectivity index (χ3n) is 9.80. The maximum atomic E-state index is 6.21. The highest BCUT2D eigenvalue weighted by molar-refractivity contribution is 6.26. The largest absolute Gasteiger partial charge is 0.456 e. The highest BCUT2D eigenvalue weighted by Crippen LogP contribution is 2.52. The molecule has 4 nitrogen and oxygen atoms in total. The first-order chi connectivity index (χ1) is 22.8. The van der Waals surface area contributed by atoms with Crippen LogP contribution in [0, 0.1) is 0 Å². The number of furan rings is 1. The van der Waals surface area contributed by atoms with Crippen LogP contribution in [0.2, 0.25) is 0 Å². The lowest BCUT2D eigenvalue weighted by Gasteiger charge is -2.33. The standard InChI is InChI=1S/C42H25N3O/c1-2-11-26(12-3-1)44-34-16-6-4-13-28(34)31-22-23-32-30-15-10-19-37-40(30)45(42(32)41(31)44)36-18-8-7-17-35(36)43(37)27-21-24-39-33(25-27)29-14-5-9-20-38(29)46-39/h1-25H. The van der Waals surface area contributed by atoms with Gasteiger partial charge >= 0.3 is 0 Å². The van der Waals surface area contributed by atoms with Crippen LogP contribution in [-0.2, 0) is 0 Å². The van der Waals surface area contributed by atoms with Gasteiger partial charge in [0.2, 0.25) is 0 Å². The van der Waals surface area contributed by atoms with Crippen LogP contribution in [0.1, 0.15) is 0 Å². The van der Waals surface area contributed by atoms with E-state index in [1.807, 2.05) is 12.1 Å². The van der Waals surface area contributed by atoms with Crippen molar-refractivity contribution in [2.75, 3.05) is 4.90 Å². The maximum Gasteiger partial charge on any atom is 0.135 e. The monoisotopic (exact) mass is 587 g/mol. The Hall–Kier alpha value is -6.26. The summed E-state index contributed by atoms with van der Waals surface area (Å²) in [6, 6.07) is 54.6. The van der Waals surface area contributed by atoms with Crippen molar-refractivity contribution in [3.63, 3.8) is 0 Å². The van der Waals surface area contributed by atoms with E-state index in [9.17, 15) is 0 Å². The Morgan fingerprint density at radius 1 is 0.348 bits per heavy atom. The molecule has 4 heterocycles. The minimum atomic E-state index is 0.902. The van der Waals surface area contributed by atoms with Crippen molar-refractivity contribution in [2.24, 2.45) is 0 Å². The molecule has 0 amide bonds. The topological polar surface area (TPSA) is 26.2 Å². The molecule has 0 aliphatic carbocycles. The number of para-hydroxylation sites is 6. The van der Waals surface area contributed by atoms with Gasteiger partial charge in [-0.15, -0.1) is 0 Å². The van der Waals surface area contributed by atoms with Crippen molar-refractivity contribution in [3.05, 3.63) is 152 Å². The predicted molar refractivity (Wildman–Crippen MR) is 191 cm³/mol. The van der Waals surface area contributed by atoms with E-state index in [1.165, 1.54) is 43.6 Å². The van der Waals surface area contributed by atoms with Crippen LogP contribution in [-0.4, -0.2) is 9.13 Å². The summed E-state index contributed by atoms with van der Waals surface area (Å²) in [5.74, 6) is 0. The Morgan fingerprint density at radius 3 is 1.87 bits per heavy atom. The Morgan fingerprint density at radius 2 is 0.978 bits per heavy atom. The number of fused-ring (bicyclic) bond motifs is 12. The number of nitrogens with zero attached hydrogens (tertiary/aromatic N) is 3. The molecular weight excluding hydrogens is 562 g/mol. The molecule has 0 atom stereocenters. The van der Waals surface area contributed by atoms with Crippen molar-refractivity contribution in [1.82, 2.24) is 9.13 Å². The highest BCUT2D eigenvalue weighted by atomic mass is 16.3. The highest BCUT2D eigenvalue weighted by Gasteiger charge is 2.30. The first-order valence-electron chi connectivity index (χ1n) is 15.7. The molecule has 0 bridgehead atoms. The van der Waals surface area contributed by atoms with Crippen molar-refractivity contribution >= 4 is 82.6 Å². The van der Waals surface area contributed by atoms with E-state index >= 15 is 0 Å². The van der Waals surface area contributed by atoms with Gasteiger partial charge in [-0.25, -0.2) is 0 Å². The Bertz CT molecular complexity index is 2870. The van der Waals surface area contributed by atoms with Gasteiger partial charge in [0.05, 0.1) is 39.1 Å². The van der Waals surface area contributed by atoms with Gasteiger partial charge in [0.25, 0.3) is 0 Å². The summed E-state index contributed by atoms with van der Waals surface area (Å²) in [6.07, 6.45) is 0. The first kappa shape index (κ1) is 24.1. The molecule has 0 radical (unpaired) electrons. The molecule has 7 aromatic carbocycles. The summed E-state index contributed by atoms with van der Waals surface area (Å²) in [7, 11) is 0. The number of benzene rings is 7. The van der Waals surface area contributed by atoms with Crippen molar-refractivity contribution in [1.29, 1.82) is 0 Å². The van der Waals surface area contributed by atoms with Crippen molar-refractivity contribution in [3.8, 4) is 11.4 Å². The van der Waals surface area contributed by atoms with Gasteiger partial charge in [-0.3, -0.25) is 0 Å². The van der Waals surface area contributed by atoms with Crippen LogP contribution in [0.5, 0.6) is 0 Å². The zero-order chi connectivity index (χ0) is 29.9. The summed E-state index contributed by atoms with van der Waals surface area (Å²) in [5, 5.41) is 7.26. The molecule has 0 spiro atoms. The van der Waals surface area contributed by atoms with Crippen molar-refractivity contribution < 1.29 is 4.42 Å². The SMILES string of the molecule is c1ccc(-n2c3ccccc3c3ccc4c5cccc6c5n(c4c32)-c2ccccc2N6c2ccc3oc4ccccc4c3c2)cc1. The minimum Gasteiger partial charge on any atom is -0.456 e. The lowest BCUT2D eigenvalue weighted by molar-refractivity contribution is 0.669. The molecule has 3 aromatic heterocycles. The second-order valence-corrected chi connectivity index (χ2v) is 12.2. The molecule has 1 aliphatic heterocycles. The molecule has 0 N–H and O–H groups in total. The van der Waals surface area contributed by atoms with Gasteiger partial charge < -0.3 is 18.5 Å². The van der Waals surface area contributed by atoms with E-state index in [-0.39, 0.29) is 0 Å². The van der Waals surface area contributed by atoms with Crippen LogP contribution in [0.25, 0.3) is 76.9 Å². The second kappa shape index (κ2) is 8.68. The maximum absolute atomic E-state index is 6.21. The molecule has 214 valence electrons. The molecule has 0 fully saturated rings. The minimum absolute atomic E-state index is 0.902. The van der Waals surface area contributed by atoms with Crippen LogP contribution in [0.3, 0.4) is 0 Å². The van der Waals surface area contributed by atoms with Crippen LogP contribution < -0.4 is 4.90 Å². The third-order valence-corrected chi connectivity index (χ3v) is 9.80. The quantitative estimate of drug-likeness (QED) is 0.201. The van der Waals surface area contributed by atoms with Gasteiger partial charge in [0, 0.05) is 43.7 Å². The average Bonchev–Trinajstić information content (AvgIpc) is 3.77. The number of anilines is 3. The van der Waals surface area contributed by atoms with Gasteiger partial charge in [0.1, 0.15) is 11.2 Å². The number of hydrogen-bond acceptors (Lipinski definition) is 2. The Kier molecular flexibility index (Phi) is 4.55. The number of rotatable bonds is 2. The lowest BCUT2D eigenvalue weighted by atomic mass is 10.1. The Labute approximate surface area is 263 Å². The van der Waals surface area contributed by atoms with Crippen molar-refractivity contribution in [2.45, 2.75) is 0 Å². The zero-order valence-corrected chi connectivity index (χ0v) is 24.7. The van der Waals surface area contributed by atoms with E-state index in [1.54, 1.807) is 0 Å². The van der Waals surface area contributed by atoms with Crippen LogP contribution >= 0.6 is 0 Å². The normalized spacial score (nSPS) is 12.7. The molecule has 4 heteroatoms. The molecule has 10 aromatic rings. The van der Waals surface area contributed by atoms with E-state index in [0.717, 1.165) is 50.4 Å². The molecule has 0 unspecified atom stereocenters. The fourth-order valence-electron chi connectivity index (χ4n) is 7.95. The summed E-state index contributed by atoms with van der Waals surface area (Å²) in [6.45, 7) is 0. The molecule has 0 saturated carbocycles. The summed E-state index contributed by atoms with van der Waals surface area (Å²) in [4.78, 5) is 2.42. The predicted octanol–water partition coefficient (Wildman–Crippen LogP) is 11.6. The van der Waals surface area contributed by atoms with E-state index in [0.29, 0.717) is 0 Å². The fraction of sp³-hybridized carbons (Fsp3) is 0. The van der Waals surface area contributed by atoms with E-state index < -0.39 is 0 Å². The average molecular weight is 588 g/mol. The lowest BCUT2D eigenvalue weighted by Crippen LogP contribution is -2.18. The number of aromatic nitrogens is 2. The van der Waals surface area contributed by atoms with Gasteiger partial charge in [-0.2, -0.15) is 0 Å². The molecule has 0 saturated heterocycles. The smallest absolute Gasteiger partial charge is 0.135 e. The second-order valence-electron chi connectivity index (χ2n) is 12.2. The molecule has 1 aliphatic rings. The molecular formula is C42H25N3O. The first-order valence-corrected chi connectivity index (χ1v) is 15.7. The van der Waals surface area contributed by atoms with Crippen LogP contribution in [0.4, 0.5) is 17.1 Å². The summed E-state index contributed by atoms with van der Waals surface area (Å²) < 4.78 is 11.2. The fourth-order valence-corrected chi connectivity index (χ4v) is 7.95. The Balaban J connectivity index is 1.30. The molecule has 46 heavy (non-hydrogen) atoms. The van der Waals surface area contributed by atoms with E-state index in [2.05, 4.69) is 154 Å².